The van der Waals surface area contributed by atoms with Gasteiger partial charge in [-0.2, -0.15) is 26.3 Å². The minimum atomic E-state index is -6.09. The zero-order valence-electron chi connectivity index (χ0n) is 22.7. The molecule has 45 heavy (non-hydrogen) atoms. The van der Waals surface area contributed by atoms with Gasteiger partial charge in [0.05, 0.1) is 0 Å². The first kappa shape index (κ1) is 40.8. The molecule has 0 fully saturated rings. The Bertz CT molecular complexity index is 1430. The first-order valence-corrected chi connectivity index (χ1v) is 18.1. The van der Waals surface area contributed by atoms with E-state index in [2.05, 4.69) is 121 Å². The molecule has 0 N–H and O–H groups in total. The van der Waals surface area contributed by atoms with Crippen LogP contribution < -0.4 is 21.2 Å². The van der Waals surface area contributed by atoms with Gasteiger partial charge in [-0.3, -0.25) is 0 Å². The molecule has 246 valence electrons. The second-order valence-electron chi connectivity index (χ2n) is 8.45. The maximum absolute atomic E-state index is 10.7. The Morgan fingerprint density at radius 2 is 0.600 bits per heavy atom. The minimum Gasteiger partial charge on any atom is -0.741 e. The van der Waals surface area contributed by atoms with Crippen molar-refractivity contribution in [1.29, 1.82) is 0 Å². The molecule has 0 aromatic heterocycles. The van der Waals surface area contributed by atoms with Crippen LogP contribution in [0.1, 0.15) is 0 Å². The van der Waals surface area contributed by atoms with Crippen molar-refractivity contribution in [3.8, 4) is 0 Å². The van der Waals surface area contributed by atoms with Crippen LogP contribution >= 0.6 is 15.8 Å². The third-order valence-corrected chi connectivity index (χ3v) is 11.9. The molecule has 0 saturated carbocycles. The topological polar surface area (TPSA) is 114 Å². The molecule has 0 spiro atoms. The Morgan fingerprint density at radius 1 is 0.444 bits per heavy atom. The van der Waals surface area contributed by atoms with Crippen LogP contribution in [0.15, 0.2) is 121 Å². The van der Waals surface area contributed by atoms with Gasteiger partial charge in [0.2, 0.25) is 0 Å². The van der Waals surface area contributed by atoms with Gasteiger partial charge in [0.25, 0.3) is 0 Å². The fraction of sp³-hybridized carbons (Fsp3) is 0.143. The van der Waals surface area contributed by atoms with E-state index in [4.69, 9.17) is 25.9 Å². The maximum atomic E-state index is 10.7. The first-order valence-electron chi connectivity index (χ1n) is 12.2. The standard InChI is InChI=1S/C26H24P2.2CHF3O3S.Pd/c1-5-13-23(14-6-1)27(24-15-7-2-8-16-24)21-22-28(25-17-9-3-10-18-25)26-19-11-4-12-20-26;2*2-1(3,4)8(5,6)7;/h1-20H,21-22H2;2*(H,5,6,7);/q;;;+2/p-2. The van der Waals surface area contributed by atoms with Crippen molar-refractivity contribution < 1.29 is 72.7 Å². The molecular weight excluding hydrogens is 779 g/mol. The Labute approximate surface area is 273 Å². The van der Waals surface area contributed by atoms with Gasteiger partial charge in [-0.25, -0.2) is 16.8 Å². The third kappa shape index (κ3) is 14.0. The Balaban J connectivity index is 0.000000495. The monoisotopic (exact) mass is 802 g/mol. The van der Waals surface area contributed by atoms with E-state index in [9.17, 15) is 26.3 Å². The van der Waals surface area contributed by atoms with Gasteiger partial charge in [0, 0.05) is 0 Å². The summed E-state index contributed by atoms with van der Waals surface area (Å²) in [6, 6.07) is 44.2. The summed E-state index contributed by atoms with van der Waals surface area (Å²) in [4.78, 5) is 0. The molecule has 0 saturated heterocycles. The Kier molecular flexibility index (Phi) is 16.5. The van der Waals surface area contributed by atoms with Gasteiger partial charge in [-0.05, 0) is 49.4 Å². The van der Waals surface area contributed by atoms with E-state index in [0.717, 1.165) is 0 Å². The summed E-state index contributed by atoms with van der Waals surface area (Å²) >= 11 is 0. The third-order valence-electron chi connectivity index (χ3n) is 5.39. The summed E-state index contributed by atoms with van der Waals surface area (Å²) in [5.74, 6) is 0. The number of hydrogen-bond acceptors (Lipinski definition) is 6. The average molecular weight is 803 g/mol. The van der Waals surface area contributed by atoms with Gasteiger partial charge in [0.1, 0.15) is 0 Å². The fourth-order valence-corrected chi connectivity index (χ4v) is 8.80. The summed E-state index contributed by atoms with van der Waals surface area (Å²) in [6.07, 6.45) is 2.41. The van der Waals surface area contributed by atoms with E-state index in [1.165, 1.54) is 33.5 Å². The van der Waals surface area contributed by atoms with E-state index in [0.29, 0.717) is 0 Å². The van der Waals surface area contributed by atoms with Gasteiger partial charge in [-0.1, -0.05) is 121 Å². The summed E-state index contributed by atoms with van der Waals surface area (Å²) < 4.78 is 118. The number of rotatable bonds is 7. The molecule has 6 nitrogen and oxygen atoms in total. The molecule has 0 aliphatic rings. The van der Waals surface area contributed by atoms with Gasteiger partial charge < -0.3 is 9.11 Å². The van der Waals surface area contributed by atoms with E-state index in [1.54, 1.807) is 0 Å². The second kappa shape index (κ2) is 18.2. The predicted octanol–water partition coefficient (Wildman–Crippen LogP) is 5.35. The summed E-state index contributed by atoms with van der Waals surface area (Å²) in [5.41, 5.74) is -11.3. The van der Waals surface area contributed by atoms with Crippen LogP contribution in [0, 0.1) is 0 Å². The van der Waals surface area contributed by atoms with Crippen LogP contribution in [-0.2, 0) is 40.7 Å². The van der Waals surface area contributed by atoms with Crippen molar-refractivity contribution in [2.75, 3.05) is 12.3 Å². The molecular formula is C28H24F6O6P2PdS2. The first-order chi connectivity index (χ1) is 20.4. The molecule has 0 aliphatic carbocycles. The van der Waals surface area contributed by atoms with Crippen molar-refractivity contribution in [2.24, 2.45) is 0 Å². The van der Waals surface area contributed by atoms with E-state index in [1.807, 2.05) is 0 Å². The summed E-state index contributed by atoms with van der Waals surface area (Å²) in [6.45, 7) is 0. The smallest absolute Gasteiger partial charge is 0.741 e. The van der Waals surface area contributed by atoms with E-state index in [-0.39, 0.29) is 36.3 Å². The predicted molar refractivity (Wildman–Crippen MR) is 159 cm³/mol. The molecule has 0 aliphatic heterocycles. The summed E-state index contributed by atoms with van der Waals surface area (Å²) in [5, 5.41) is 5.89. The number of benzene rings is 4. The van der Waals surface area contributed by atoms with Gasteiger partial charge in [-0.15, -0.1) is 0 Å². The number of halogens is 6. The fourth-order valence-electron chi connectivity index (χ4n) is 3.45. The van der Waals surface area contributed by atoms with Crippen LogP contribution in [0.3, 0.4) is 0 Å². The van der Waals surface area contributed by atoms with Crippen LogP contribution in [0.25, 0.3) is 0 Å². The quantitative estimate of drug-likeness (QED) is 0.0819. The number of alkyl halides is 6. The Hall–Kier alpha value is -2.20. The molecule has 0 heterocycles. The molecule has 0 radical (unpaired) electrons. The zero-order valence-corrected chi connectivity index (χ0v) is 27.7. The van der Waals surface area contributed by atoms with Crippen molar-refractivity contribution in [1.82, 2.24) is 0 Å². The van der Waals surface area contributed by atoms with Crippen molar-refractivity contribution in [3.05, 3.63) is 121 Å². The van der Waals surface area contributed by atoms with Crippen LogP contribution in [0.5, 0.6) is 0 Å². The molecule has 0 unspecified atom stereocenters. The van der Waals surface area contributed by atoms with Gasteiger partial charge in [0.15, 0.2) is 20.2 Å². The largest absolute Gasteiger partial charge is 2.00 e. The zero-order chi connectivity index (χ0) is 33.0. The molecule has 0 amide bonds. The van der Waals surface area contributed by atoms with E-state index >= 15 is 0 Å². The Morgan fingerprint density at radius 3 is 0.733 bits per heavy atom. The van der Waals surface area contributed by atoms with Gasteiger partial charge >= 0.3 is 31.4 Å². The second-order valence-corrected chi connectivity index (χ2v) is 15.9. The summed E-state index contributed by atoms with van der Waals surface area (Å²) in [7, 11) is -12.9. The molecule has 17 heteroatoms. The van der Waals surface area contributed by atoms with Crippen LogP contribution in [0.4, 0.5) is 26.3 Å². The molecule has 4 aromatic carbocycles. The molecule has 4 rings (SSSR count). The normalized spacial score (nSPS) is 11.9. The SMILES string of the molecule is O=S(=O)([O-])C(F)(F)F.O=S(=O)([O-])C(F)(F)F.[Pd+2].c1ccc(P(CCP(c2ccccc2)c2ccccc2)c2ccccc2)cc1. The molecule has 4 aromatic rings. The number of hydrogen-bond donors (Lipinski definition) is 0. The van der Waals surface area contributed by atoms with Crippen LogP contribution in [0.2, 0.25) is 0 Å². The minimum absolute atomic E-state index is 0. The van der Waals surface area contributed by atoms with Crippen molar-refractivity contribution >= 4 is 57.3 Å². The molecule has 0 bridgehead atoms. The van der Waals surface area contributed by atoms with Crippen molar-refractivity contribution in [3.63, 3.8) is 0 Å². The van der Waals surface area contributed by atoms with Crippen molar-refractivity contribution in [2.45, 2.75) is 11.0 Å². The molecule has 0 atom stereocenters. The van der Waals surface area contributed by atoms with E-state index < -0.39 is 31.3 Å². The van der Waals surface area contributed by atoms with Crippen LogP contribution in [-0.4, -0.2) is 49.3 Å². The maximum Gasteiger partial charge on any atom is 2.00 e. The average Bonchev–Trinajstić information content (AvgIpc) is 2.96.